The Hall–Kier alpha value is -2.81. The van der Waals surface area contributed by atoms with Gasteiger partial charge in [-0.15, -0.1) is 0 Å². The molecule has 1 aliphatic rings. The van der Waals surface area contributed by atoms with Crippen molar-refractivity contribution in [1.29, 1.82) is 0 Å². The predicted molar refractivity (Wildman–Crippen MR) is 121 cm³/mol. The van der Waals surface area contributed by atoms with Crippen LogP contribution in [0.4, 0.5) is 0 Å². The molecule has 3 aromatic heterocycles. The van der Waals surface area contributed by atoms with E-state index >= 15 is 0 Å². The summed E-state index contributed by atoms with van der Waals surface area (Å²) in [6.45, 7) is 9.65. The molecule has 0 radical (unpaired) electrons. The first-order chi connectivity index (χ1) is 13.9. The van der Waals surface area contributed by atoms with Crippen molar-refractivity contribution in [1.82, 2.24) is 8.97 Å². The summed E-state index contributed by atoms with van der Waals surface area (Å²) in [4.78, 5) is 0. The van der Waals surface area contributed by atoms with Gasteiger partial charge in [-0.25, -0.2) is 4.57 Å². The van der Waals surface area contributed by atoms with Gasteiger partial charge in [-0.2, -0.15) is 4.40 Å². The lowest BCUT2D eigenvalue weighted by Crippen LogP contribution is -2.66. The first kappa shape index (κ1) is 17.1. The third-order valence-corrected chi connectivity index (χ3v) is 8.32. The van der Waals surface area contributed by atoms with Crippen LogP contribution < -0.4 is 4.57 Å². The highest BCUT2D eigenvalue weighted by Gasteiger charge is 2.54. The Bertz CT molecular complexity index is 1470. The van der Waals surface area contributed by atoms with E-state index in [0.717, 1.165) is 12.8 Å². The molecule has 0 saturated carbocycles. The number of hydrogen-bond acceptors (Lipinski definition) is 0. The monoisotopic (exact) mass is 382 g/mol. The molecule has 0 saturated heterocycles. The molecule has 0 spiro atoms. The van der Waals surface area contributed by atoms with Crippen LogP contribution in [0.25, 0.3) is 38.4 Å². The molecular weight excluding hydrogens is 354 g/mol. The van der Waals surface area contributed by atoms with E-state index in [1.165, 1.54) is 43.9 Å². The number of pyridine rings is 1. The van der Waals surface area contributed by atoms with Crippen LogP contribution in [-0.4, -0.2) is 8.97 Å². The van der Waals surface area contributed by atoms with Gasteiger partial charge in [-0.3, -0.25) is 0 Å². The zero-order chi connectivity index (χ0) is 20.1. The fourth-order valence-electron chi connectivity index (χ4n) is 6.11. The molecule has 0 aliphatic carbocycles. The van der Waals surface area contributed by atoms with Gasteiger partial charge in [0.1, 0.15) is 5.54 Å². The number of nitrogens with zero attached hydrogens (tertiary/aromatic N) is 3. The molecule has 2 atom stereocenters. The second-order valence-electron chi connectivity index (χ2n) is 9.25. The smallest absolute Gasteiger partial charge is 0.295 e. The zero-order valence-corrected chi connectivity index (χ0v) is 18.0. The molecule has 0 N–H and O–H groups in total. The van der Waals surface area contributed by atoms with Gasteiger partial charge >= 0.3 is 0 Å². The predicted octanol–water partition coefficient (Wildman–Crippen LogP) is 5.83. The summed E-state index contributed by atoms with van der Waals surface area (Å²) < 4.78 is 7.32. The Kier molecular flexibility index (Phi) is 3.07. The van der Waals surface area contributed by atoms with Crippen molar-refractivity contribution in [2.24, 2.45) is 7.05 Å². The summed E-state index contributed by atoms with van der Waals surface area (Å²) in [7, 11) is 2.13. The van der Waals surface area contributed by atoms with E-state index in [2.05, 4.69) is 103 Å². The normalized spacial score (nSPS) is 23.9. The van der Waals surface area contributed by atoms with Gasteiger partial charge in [0.25, 0.3) is 5.65 Å². The van der Waals surface area contributed by atoms with Gasteiger partial charge in [-0.1, -0.05) is 39.0 Å². The Labute approximate surface area is 171 Å². The van der Waals surface area contributed by atoms with Crippen LogP contribution in [-0.2, 0) is 18.0 Å². The highest BCUT2D eigenvalue weighted by atomic mass is 15.2. The molecule has 0 fully saturated rings. The second-order valence-corrected chi connectivity index (χ2v) is 9.25. The topological polar surface area (TPSA) is 13.2 Å². The van der Waals surface area contributed by atoms with Gasteiger partial charge in [0.2, 0.25) is 0 Å². The molecule has 0 amide bonds. The molecule has 5 aromatic rings. The van der Waals surface area contributed by atoms with Crippen molar-refractivity contribution >= 4 is 38.4 Å². The van der Waals surface area contributed by atoms with E-state index in [0.29, 0.717) is 0 Å². The Morgan fingerprint density at radius 1 is 0.897 bits per heavy atom. The van der Waals surface area contributed by atoms with Crippen LogP contribution in [0, 0.1) is 0 Å². The third kappa shape index (κ3) is 1.74. The number of aromatic nitrogens is 3. The van der Waals surface area contributed by atoms with Crippen LogP contribution >= 0.6 is 0 Å². The van der Waals surface area contributed by atoms with E-state index < -0.39 is 0 Å². The fraction of sp³-hybridized carbons (Fsp3) is 0.346. The number of fused-ring (bicyclic) bond motifs is 4. The standard InChI is InChI=1S/C26H28N3/c1-6-25(3)19-10-8-9-17-12-14-28-21-16-20-18(11-13-27(20)5)15-22(21)29(24(28)23(17)19)26(25,4)7-2/h8-16H,6-7H2,1-5H3/q+1. The molecule has 2 unspecified atom stereocenters. The maximum absolute atomic E-state index is 2.67. The minimum Gasteiger partial charge on any atom is -0.350 e. The summed E-state index contributed by atoms with van der Waals surface area (Å²) in [5, 5.41) is 4.07. The van der Waals surface area contributed by atoms with Crippen LogP contribution in [0.2, 0.25) is 0 Å². The van der Waals surface area contributed by atoms with Crippen molar-refractivity contribution in [3.8, 4) is 0 Å². The van der Waals surface area contributed by atoms with E-state index in [9.17, 15) is 0 Å². The van der Waals surface area contributed by atoms with Crippen molar-refractivity contribution in [2.45, 2.75) is 51.5 Å². The first-order valence-electron chi connectivity index (χ1n) is 10.8. The lowest BCUT2D eigenvalue weighted by molar-refractivity contribution is -0.728. The number of imidazole rings is 1. The minimum absolute atomic E-state index is 0.000155. The average molecular weight is 383 g/mol. The Morgan fingerprint density at radius 2 is 1.69 bits per heavy atom. The molecular formula is C26H28N3+. The van der Waals surface area contributed by atoms with E-state index in [4.69, 9.17) is 0 Å². The molecule has 0 bridgehead atoms. The fourth-order valence-corrected chi connectivity index (χ4v) is 6.11. The van der Waals surface area contributed by atoms with Crippen LogP contribution in [0.15, 0.2) is 54.9 Å². The lowest BCUT2D eigenvalue weighted by atomic mass is 9.62. The van der Waals surface area contributed by atoms with Gasteiger partial charge in [0.15, 0.2) is 11.0 Å². The maximum atomic E-state index is 2.67. The molecule has 6 rings (SSSR count). The lowest BCUT2D eigenvalue weighted by Gasteiger charge is -2.46. The molecule has 3 nitrogen and oxygen atoms in total. The summed E-state index contributed by atoms with van der Waals surface area (Å²) in [6, 6.07) is 16.2. The SMILES string of the molecule is CCC1(C)c2cccc3ccn4c5cc6c(ccn6C)cc5[n+](c4c23)C1(C)CC. The number of aryl methyl sites for hydroxylation is 1. The Balaban J connectivity index is 1.97. The van der Waals surface area contributed by atoms with Crippen molar-refractivity contribution in [3.05, 3.63) is 60.4 Å². The van der Waals surface area contributed by atoms with Gasteiger partial charge in [0, 0.05) is 30.1 Å². The summed E-state index contributed by atoms with van der Waals surface area (Å²) in [5.41, 5.74) is 6.84. The van der Waals surface area contributed by atoms with Gasteiger partial charge < -0.3 is 4.57 Å². The summed E-state index contributed by atoms with van der Waals surface area (Å²) in [5.74, 6) is 0. The van der Waals surface area contributed by atoms with Crippen molar-refractivity contribution in [2.75, 3.05) is 0 Å². The molecule has 4 heterocycles. The van der Waals surface area contributed by atoms with Gasteiger partial charge in [0.05, 0.1) is 17.1 Å². The quantitative estimate of drug-likeness (QED) is 0.341. The van der Waals surface area contributed by atoms with Crippen LogP contribution in [0.1, 0.15) is 46.1 Å². The largest absolute Gasteiger partial charge is 0.350 e. The first-order valence-corrected chi connectivity index (χ1v) is 10.8. The molecule has 146 valence electrons. The van der Waals surface area contributed by atoms with Crippen molar-refractivity contribution < 1.29 is 4.57 Å². The third-order valence-electron chi connectivity index (χ3n) is 8.32. The summed E-state index contributed by atoms with van der Waals surface area (Å²) >= 11 is 0. The zero-order valence-electron chi connectivity index (χ0n) is 18.0. The molecule has 1 aliphatic heterocycles. The number of rotatable bonds is 2. The van der Waals surface area contributed by atoms with E-state index in [-0.39, 0.29) is 11.0 Å². The maximum Gasteiger partial charge on any atom is 0.295 e. The molecule has 3 heteroatoms. The van der Waals surface area contributed by atoms with Crippen molar-refractivity contribution in [3.63, 3.8) is 0 Å². The minimum atomic E-state index is -0.000155. The van der Waals surface area contributed by atoms with Crippen LogP contribution in [0.5, 0.6) is 0 Å². The second kappa shape index (κ2) is 5.21. The average Bonchev–Trinajstić information content (AvgIpc) is 3.27. The Morgan fingerprint density at radius 3 is 2.45 bits per heavy atom. The highest BCUT2D eigenvalue weighted by molar-refractivity contribution is 6.01. The van der Waals surface area contributed by atoms with Crippen LogP contribution in [0.3, 0.4) is 0 Å². The highest BCUT2D eigenvalue weighted by Crippen LogP contribution is 2.49. The van der Waals surface area contributed by atoms with Gasteiger partial charge in [-0.05, 0) is 48.9 Å². The van der Waals surface area contributed by atoms with E-state index in [1.807, 2.05) is 0 Å². The van der Waals surface area contributed by atoms with E-state index in [1.54, 1.807) is 0 Å². The molecule has 2 aromatic carbocycles. The molecule has 29 heavy (non-hydrogen) atoms. The summed E-state index contributed by atoms with van der Waals surface area (Å²) in [6.07, 6.45) is 6.63. The number of hydrogen-bond donors (Lipinski definition) is 0. The number of benzene rings is 2.